The van der Waals surface area contributed by atoms with E-state index in [1.807, 2.05) is 34.9 Å². The molecule has 4 aromatic rings. The van der Waals surface area contributed by atoms with Crippen LogP contribution in [0, 0.1) is 16.3 Å². The van der Waals surface area contributed by atoms with E-state index >= 15 is 0 Å². The maximum absolute atomic E-state index is 14.4. The fraction of sp³-hybridized carbons (Fsp3) is 0.105. The fourth-order valence-electron chi connectivity index (χ4n) is 2.92. The Labute approximate surface area is 172 Å². The third-order valence-electron chi connectivity index (χ3n) is 4.22. The molecule has 5 nitrogen and oxygen atoms in total. The van der Waals surface area contributed by atoms with E-state index in [4.69, 9.17) is 0 Å². The molecular formula is C19H14FIN4OS. The molecule has 0 unspecified atom stereocenters. The smallest absolute Gasteiger partial charge is 0.196 e. The normalized spacial score (nSPS) is 11.1. The van der Waals surface area contributed by atoms with E-state index in [1.165, 1.54) is 17.5 Å². The summed E-state index contributed by atoms with van der Waals surface area (Å²) in [5, 5.41) is 5.34. The van der Waals surface area contributed by atoms with Crippen LogP contribution in [0.1, 0.15) is 11.3 Å². The van der Waals surface area contributed by atoms with Crippen molar-refractivity contribution in [3.63, 3.8) is 0 Å². The molecule has 0 saturated carbocycles. The second-order valence-corrected chi connectivity index (χ2v) is 7.94. The topological polar surface area (TPSA) is 59.3 Å². The fourth-order valence-corrected chi connectivity index (χ4v) is 4.59. The molecule has 0 aliphatic rings. The third-order valence-corrected chi connectivity index (χ3v) is 5.99. The van der Waals surface area contributed by atoms with Crippen LogP contribution in [-0.4, -0.2) is 20.7 Å². The highest BCUT2D eigenvalue weighted by Gasteiger charge is 2.21. The monoisotopic (exact) mass is 492 g/mol. The summed E-state index contributed by atoms with van der Waals surface area (Å²) >= 11 is 3.68. The van der Waals surface area contributed by atoms with Crippen molar-refractivity contribution in [3.05, 3.63) is 62.7 Å². The highest BCUT2D eigenvalue weighted by molar-refractivity contribution is 14.1. The largest absolute Gasteiger partial charge is 0.338 e. The lowest BCUT2D eigenvalue weighted by Gasteiger charge is -2.13. The Bertz CT molecular complexity index is 1130. The van der Waals surface area contributed by atoms with E-state index in [1.54, 1.807) is 12.3 Å². The maximum Gasteiger partial charge on any atom is 0.196 e. The number of para-hydroxylation sites is 1. The molecule has 136 valence electrons. The van der Waals surface area contributed by atoms with Gasteiger partial charge in [-0.05, 0) is 47.2 Å². The number of anilines is 2. The zero-order chi connectivity index (χ0) is 19.0. The van der Waals surface area contributed by atoms with Crippen LogP contribution in [0.5, 0.6) is 0 Å². The van der Waals surface area contributed by atoms with Crippen molar-refractivity contribution in [2.45, 2.75) is 13.3 Å². The van der Waals surface area contributed by atoms with E-state index in [2.05, 4.69) is 37.9 Å². The first kappa shape index (κ1) is 18.1. The number of hydrogen-bond donors (Lipinski definition) is 1. The van der Waals surface area contributed by atoms with Crippen LogP contribution in [0.3, 0.4) is 0 Å². The summed E-state index contributed by atoms with van der Waals surface area (Å²) in [6.45, 7) is 2.01. The molecule has 4 rings (SSSR count). The zero-order valence-corrected chi connectivity index (χ0v) is 17.2. The predicted molar refractivity (Wildman–Crippen MR) is 113 cm³/mol. The van der Waals surface area contributed by atoms with Crippen LogP contribution in [-0.2, 0) is 11.2 Å². The summed E-state index contributed by atoms with van der Waals surface area (Å²) in [6, 6.07) is 7.60. The number of halogens is 2. The predicted octanol–water partition coefficient (Wildman–Crippen LogP) is 4.99. The molecule has 8 heteroatoms. The highest BCUT2D eigenvalue weighted by Crippen LogP contribution is 2.37. The van der Waals surface area contributed by atoms with Gasteiger partial charge < -0.3 is 10.1 Å². The summed E-state index contributed by atoms with van der Waals surface area (Å²) in [4.78, 5) is 20.3. The van der Waals surface area contributed by atoms with E-state index < -0.39 is 5.82 Å². The minimum atomic E-state index is -0.442. The van der Waals surface area contributed by atoms with E-state index in [0.29, 0.717) is 22.0 Å². The molecule has 0 aliphatic carbocycles. The number of nitrogens with zero attached hydrogens (tertiary/aromatic N) is 3. The van der Waals surface area contributed by atoms with E-state index in [9.17, 15) is 9.18 Å². The number of fused-ring (bicyclic) bond motifs is 1. The molecule has 0 amide bonds. The molecule has 0 bridgehead atoms. The molecule has 1 aromatic carbocycles. The first-order chi connectivity index (χ1) is 13.1. The van der Waals surface area contributed by atoms with Crippen LogP contribution in [0.25, 0.3) is 16.2 Å². The third kappa shape index (κ3) is 3.23. The van der Waals surface area contributed by atoms with Crippen molar-refractivity contribution in [1.82, 2.24) is 14.4 Å². The number of aromatic nitrogens is 3. The number of rotatable bonds is 5. The molecule has 27 heavy (non-hydrogen) atoms. The molecule has 0 saturated heterocycles. The summed E-state index contributed by atoms with van der Waals surface area (Å²) in [7, 11) is 0. The maximum atomic E-state index is 14.4. The van der Waals surface area contributed by atoms with Crippen molar-refractivity contribution >= 4 is 56.7 Å². The molecule has 3 aromatic heterocycles. The Balaban J connectivity index is 1.98. The van der Waals surface area contributed by atoms with Gasteiger partial charge in [0.1, 0.15) is 17.8 Å². The molecular weight excluding hydrogens is 478 g/mol. The van der Waals surface area contributed by atoms with Crippen LogP contribution in [0.15, 0.2) is 42.0 Å². The van der Waals surface area contributed by atoms with Crippen molar-refractivity contribution < 1.29 is 9.18 Å². The molecule has 0 spiro atoms. The second-order valence-electron chi connectivity index (χ2n) is 5.94. The number of aryl methyl sites for hydroxylation is 1. The number of pyridine rings is 1. The van der Waals surface area contributed by atoms with Crippen molar-refractivity contribution in [1.29, 1.82) is 0 Å². The van der Waals surface area contributed by atoms with Gasteiger partial charge in [0.25, 0.3) is 0 Å². The molecule has 3 heterocycles. The number of carbonyl (C=O) groups excluding carboxylic acids is 1. The van der Waals surface area contributed by atoms with E-state index in [-0.39, 0.29) is 6.42 Å². The van der Waals surface area contributed by atoms with Crippen LogP contribution in [0.2, 0.25) is 0 Å². The quantitative estimate of drug-likeness (QED) is 0.315. The molecule has 0 radical (unpaired) electrons. The van der Waals surface area contributed by atoms with Gasteiger partial charge in [-0.15, -0.1) is 11.3 Å². The number of imidazole rings is 1. The average molecular weight is 492 g/mol. The number of carbonyl (C=O) groups is 1. The molecule has 0 fully saturated rings. The molecule has 0 aliphatic heterocycles. The summed E-state index contributed by atoms with van der Waals surface area (Å²) in [5.74, 6) is 0.197. The number of nitrogens with one attached hydrogen (secondary N) is 1. The lowest BCUT2D eigenvalue weighted by molar-refractivity contribution is -0.107. The van der Waals surface area contributed by atoms with Gasteiger partial charge in [0.15, 0.2) is 10.8 Å². The second kappa shape index (κ2) is 7.35. The van der Waals surface area contributed by atoms with Gasteiger partial charge in [0.2, 0.25) is 0 Å². The average Bonchev–Trinajstić information content (AvgIpc) is 3.19. The van der Waals surface area contributed by atoms with Gasteiger partial charge in [-0.3, -0.25) is 9.38 Å². The van der Waals surface area contributed by atoms with Crippen molar-refractivity contribution in [2.24, 2.45) is 0 Å². The first-order valence-corrected chi connectivity index (χ1v) is 10.1. The Morgan fingerprint density at radius 3 is 2.96 bits per heavy atom. The van der Waals surface area contributed by atoms with Crippen LogP contribution >= 0.6 is 33.9 Å². The Hall–Kier alpha value is -2.33. The Morgan fingerprint density at radius 1 is 1.37 bits per heavy atom. The minimum Gasteiger partial charge on any atom is -0.338 e. The van der Waals surface area contributed by atoms with Crippen LogP contribution < -0.4 is 5.32 Å². The summed E-state index contributed by atoms with van der Waals surface area (Å²) in [6.07, 6.45) is 3.83. The zero-order valence-electron chi connectivity index (χ0n) is 14.2. The number of hydrogen-bond acceptors (Lipinski definition) is 5. The highest BCUT2D eigenvalue weighted by atomic mass is 127. The Kier molecular flexibility index (Phi) is 4.92. The standard InChI is InChI=1S/C19H14FIN4OS/c1-11-3-2-4-15(21)16(11)23-18-17(13-5-7-22-9-14(13)20)24-19-25(18)12(6-8-26)10-27-19/h2-5,7-10,23H,6H2,1H3. The van der Waals surface area contributed by atoms with Crippen LogP contribution in [0.4, 0.5) is 15.9 Å². The van der Waals surface area contributed by atoms with Gasteiger partial charge in [-0.25, -0.2) is 9.37 Å². The summed E-state index contributed by atoms with van der Waals surface area (Å²) in [5.41, 5.74) is 3.66. The number of benzene rings is 1. The van der Waals surface area contributed by atoms with Gasteiger partial charge in [-0.1, -0.05) is 12.1 Å². The van der Waals surface area contributed by atoms with Crippen molar-refractivity contribution in [2.75, 3.05) is 5.32 Å². The lowest BCUT2D eigenvalue weighted by Crippen LogP contribution is -2.03. The van der Waals surface area contributed by atoms with Gasteiger partial charge in [0, 0.05) is 32.8 Å². The van der Waals surface area contributed by atoms with Gasteiger partial charge in [0.05, 0.1) is 11.9 Å². The SMILES string of the molecule is Cc1cccc(I)c1Nc1c(-c2ccncc2F)nc2scc(CC=O)n12. The summed E-state index contributed by atoms with van der Waals surface area (Å²) < 4.78 is 17.4. The molecule has 1 N–H and O–H groups in total. The number of aldehydes is 1. The van der Waals surface area contributed by atoms with Gasteiger partial charge in [-0.2, -0.15) is 0 Å². The van der Waals surface area contributed by atoms with Gasteiger partial charge >= 0.3 is 0 Å². The lowest BCUT2D eigenvalue weighted by atomic mass is 10.1. The Morgan fingerprint density at radius 2 is 2.22 bits per heavy atom. The van der Waals surface area contributed by atoms with Crippen molar-refractivity contribution in [3.8, 4) is 11.3 Å². The minimum absolute atomic E-state index is 0.258. The van der Waals surface area contributed by atoms with E-state index in [0.717, 1.165) is 26.8 Å². The molecule has 0 atom stereocenters. The first-order valence-electron chi connectivity index (χ1n) is 8.14. The number of thiazole rings is 1.